The van der Waals surface area contributed by atoms with Gasteiger partial charge in [0.25, 0.3) is 0 Å². The summed E-state index contributed by atoms with van der Waals surface area (Å²) in [5.74, 6) is 0.0314. The maximum absolute atomic E-state index is 12.1. The van der Waals surface area contributed by atoms with Gasteiger partial charge in [0.05, 0.1) is 0 Å². The van der Waals surface area contributed by atoms with Crippen molar-refractivity contribution >= 4 is 11.6 Å². The van der Waals surface area contributed by atoms with Gasteiger partial charge in [0.1, 0.15) is 0 Å². The molecule has 0 aliphatic rings. The van der Waals surface area contributed by atoms with Crippen LogP contribution < -0.4 is 11.1 Å². The maximum Gasteiger partial charge on any atom is 0.225 e. The normalized spacial score (nSPS) is 13.3. The number of benzene rings is 1. The molecule has 0 fully saturated rings. The van der Waals surface area contributed by atoms with Gasteiger partial charge in [-0.1, -0.05) is 39.0 Å². The molecule has 0 radical (unpaired) electrons. The molecule has 0 bridgehead atoms. The van der Waals surface area contributed by atoms with Crippen molar-refractivity contribution in [1.29, 1.82) is 0 Å². The Morgan fingerprint density at radius 2 is 1.95 bits per heavy atom. The van der Waals surface area contributed by atoms with E-state index >= 15 is 0 Å². The summed E-state index contributed by atoms with van der Waals surface area (Å²) >= 11 is 0. The second-order valence-electron chi connectivity index (χ2n) is 6.68. The Kier molecular flexibility index (Phi) is 6.37. The van der Waals surface area contributed by atoms with E-state index in [0.717, 1.165) is 17.8 Å². The van der Waals surface area contributed by atoms with Crippen molar-refractivity contribution in [1.82, 2.24) is 4.90 Å². The van der Waals surface area contributed by atoms with E-state index < -0.39 is 0 Å². The lowest BCUT2D eigenvalue weighted by Crippen LogP contribution is -2.40. The molecule has 0 aromatic heterocycles. The zero-order chi connectivity index (χ0) is 16.0. The number of rotatable bonds is 6. The van der Waals surface area contributed by atoms with Gasteiger partial charge >= 0.3 is 0 Å². The Balaban J connectivity index is 2.51. The summed E-state index contributed by atoms with van der Waals surface area (Å²) in [5, 5.41) is 2.95. The van der Waals surface area contributed by atoms with E-state index in [2.05, 4.69) is 45.0 Å². The third-order valence-electron chi connectivity index (χ3n) is 4.12. The van der Waals surface area contributed by atoms with Gasteiger partial charge in [-0.15, -0.1) is 0 Å². The first-order chi connectivity index (χ1) is 9.75. The highest BCUT2D eigenvalue weighted by Crippen LogP contribution is 2.23. The van der Waals surface area contributed by atoms with Crippen molar-refractivity contribution in [2.75, 3.05) is 18.9 Å². The number of anilines is 1. The molecule has 1 aromatic rings. The van der Waals surface area contributed by atoms with Crippen molar-refractivity contribution < 1.29 is 4.79 Å². The molecule has 4 nitrogen and oxygen atoms in total. The third-order valence-corrected chi connectivity index (χ3v) is 4.12. The highest BCUT2D eigenvalue weighted by atomic mass is 16.1. The molecule has 1 unspecified atom stereocenters. The number of hydrogen-bond acceptors (Lipinski definition) is 3. The fourth-order valence-electron chi connectivity index (χ4n) is 2.17. The molecule has 0 spiro atoms. The average Bonchev–Trinajstić information content (AvgIpc) is 2.43. The van der Waals surface area contributed by atoms with Crippen LogP contribution >= 0.6 is 0 Å². The van der Waals surface area contributed by atoms with Crippen LogP contribution in [0.4, 0.5) is 5.69 Å². The third kappa shape index (κ3) is 5.48. The lowest BCUT2D eigenvalue weighted by atomic mass is 9.87. The summed E-state index contributed by atoms with van der Waals surface area (Å²) in [5.41, 5.74) is 7.66. The molecule has 0 aliphatic carbocycles. The van der Waals surface area contributed by atoms with Gasteiger partial charge in [-0.05, 0) is 31.0 Å². The molecule has 21 heavy (non-hydrogen) atoms. The summed E-state index contributed by atoms with van der Waals surface area (Å²) in [6.45, 7) is 10.0. The molecular formula is C17H29N3O. The van der Waals surface area contributed by atoms with Crippen LogP contribution in [0.25, 0.3) is 0 Å². The quantitative estimate of drug-likeness (QED) is 0.847. The highest BCUT2D eigenvalue weighted by molar-refractivity contribution is 5.91. The van der Waals surface area contributed by atoms with E-state index in [9.17, 15) is 4.79 Å². The van der Waals surface area contributed by atoms with Gasteiger partial charge in [0, 0.05) is 31.2 Å². The van der Waals surface area contributed by atoms with Crippen molar-refractivity contribution in [3.63, 3.8) is 0 Å². The number of carbonyl (C=O) groups excluding carboxylic acids is 1. The van der Waals surface area contributed by atoms with Crippen LogP contribution in [0.15, 0.2) is 24.3 Å². The zero-order valence-corrected chi connectivity index (χ0v) is 13.9. The van der Waals surface area contributed by atoms with Crippen LogP contribution in [-0.4, -0.2) is 30.4 Å². The Bertz CT molecular complexity index is 465. The number of carbonyl (C=O) groups is 1. The van der Waals surface area contributed by atoms with Crippen molar-refractivity contribution in [3.05, 3.63) is 29.8 Å². The first-order valence-corrected chi connectivity index (χ1v) is 7.53. The molecule has 0 saturated heterocycles. The van der Waals surface area contributed by atoms with Crippen LogP contribution in [0.5, 0.6) is 0 Å². The topological polar surface area (TPSA) is 58.4 Å². The number of nitrogens with one attached hydrogen (secondary N) is 1. The maximum atomic E-state index is 12.1. The second-order valence-corrected chi connectivity index (χ2v) is 6.68. The predicted molar refractivity (Wildman–Crippen MR) is 89.1 cm³/mol. The van der Waals surface area contributed by atoms with Gasteiger partial charge in [-0.25, -0.2) is 0 Å². The van der Waals surface area contributed by atoms with E-state index in [-0.39, 0.29) is 11.3 Å². The Morgan fingerprint density at radius 1 is 1.33 bits per heavy atom. The van der Waals surface area contributed by atoms with Crippen molar-refractivity contribution in [2.45, 2.75) is 46.7 Å². The molecule has 1 aromatic carbocycles. The van der Waals surface area contributed by atoms with Gasteiger partial charge in [-0.2, -0.15) is 0 Å². The van der Waals surface area contributed by atoms with E-state index in [0.29, 0.717) is 19.0 Å². The van der Waals surface area contributed by atoms with Crippen LogP contribution in [-0.2, 0) is 11.3 Å². The minimum atomic E-state index is 0.0314. The Labute approximate surface area is 128 Å². The van der Waals surface area contributed by atoms with Gasteiger partial charge < -0.3 is 16.0 Å². The standard InChI is InChI=1S/C17H29N3O/c1-13(17(2,3)4)20(5)11-10-16(21)19-15-9-7-6-8-14(15)12-18/h6-9,13H,10-12,18H2,1-5H3,(H,19,21). The fraction of sp³-hybridized carbons (Fsp3) is 0.588. The Hall–Kier alpha value is -1.39. The number of amides is 1. The first kappa shape index (κ1) is 17.7. The van der Waals surface area contributed by atoms with E-state index in [1.54, 1.807) is 0 Å². The monoisotopic (exact) mass is 291 g/mol. The molecule has 0 saturated carbocycles. The smallest absolute Gasteiger partial charge is 0.225 e. The summed E-state index contributed by atoms with van der Waals surface area (Å²) in [6.07, 6.45) is 0.482. The summed E-state index contributed by atoms with van der Waals surface area (Å²) in [4.78, 5) is 14.3. The average molecular weight is 291 g/mol. The van der Waals surface area contributed by atoms with Gasteiger partial charge in [0.2, 0.25) is 5.91 Å². The molecule has 1 rings (SSSR count). The summed E-state index contributed by atoms with van der Waals surface area (Å²) < 4.78 is 0. The molecular weight excluding hydrogens is 262 g/mol. The molecule has 1 atom stereocenters. The van der Waals surface area contributed by atoms with Gasteiger partial charge in [-0.3, -0.25) is 4.79 Å². The SMILES string of the molecule is CC(N(C)CCC(=O)Nc1ccccc1CN)C(C)(C)C. The molecule has 1 amide bonds. The number of para-hydroxylation sites is 1. The molecule has 118 valence electrons. The molecule has 3 N–H and O–H groups in total. The van der Waals surface area contributed by atoms with Crippen LogP contribution in [0.1, 0.15) is 39.7 Å². The second kappa shape index (κ2) is 7.57. The van der Waals surface area contributed by atoms with Crippen LogP contribution in [0.2, 0.25) is 0 Å². The number of nitrogens with zero attached hydrogens (tertiary/aromatic N) is 1. The highest BCUT2D eigenvalue weighted by Gasteiger charge is 2.23. The van der Waals surface area contributed by atoms with E-state index in [4.69, 9.17) is 5.73 Å². The number of nitrogens with two attached hydrogens (primary N) is 1. The van der Waals surface area contributed by atoms with Crippen molar-refractivity contribution in [3.8, 4) is 0 Å². The molecule has 4 heteroatoms. The minimum Gasteiger partial charge on any atom is -0.326 e. The minimum absolute atomic E-state index is 0.0314. The molecule has 0 heterocycles. The largest absolute Gasteiger partial charge is 0.326 e. The predicted octanol–water partition coefficient (Wildman–Crippen LogP) is 2.84. The lowest BCUT2D eigenvalue weighted by molar-refractivity contribution is -0.116. The zero-order valence-electron chi connectivity index (χ0n) is 13.9. The Morgan fingerprint density at radius 3 is 2.52 bits per heavy atom. The first-order valence-electron chi connectivity index (χ1n) is 7.53. The van der Waals surface area contributed by atoms with Gasteiger partial charge in [0.15, 0.2) is 0 Å². The summed E-state index contributed by atoms with van der Waals surface area (Å²) in [7, 11) is 2.07. The van der Waals surface area contributed by atoms with E-state index in [1.807, 2.05) is 24.3 Å². The van der Waals surface area contributed by atoms with E-state index in [1.165, 1.54) is 0 Å². The number of hydrogen-bond donors (Lipinski definition) is 2. The van der Waals surface area contributed by atoms with Crippen LogP contribution in [0, 0.1) is 5.41 Å². The lowest BCUT2D eigenvalue weighted by Gasteiger charge is -2.35. The fourth-order valence-corrected chi connectivity index (χ4v) is 2.17. The molecule has 0 aliphatic heterocycles. The summed E-state index contributed by atoms with van der Waals surface area (Å²) in [6, 6.07) is 8.08. The van der Waals surface area contributed by atoms with Crippen molar-refractivity contribution in [2.24, 2.45) is 11.1 Å². The van der Waals surface area contributed by atoms with Crippen LogP contribution in [0.3, 0.4) is 0 Å².